The molecule has 0 aromatic heterocycles. The van der Waals surface area contributed by atoms with E-state index < -0.39 is 23.4 Å². The average Bonchev–Trinajstić information content (AvgIpc) is 3.68. The van der Waals surface area contributed by atoms with E-state index in [9.17, 15) is 14.3 Å². The van der Waals surface area contributed by atoms with Gasteiger partial charge >= 0.3 is 5.91 Å². The third-order valence-corrected chi connectivity index (χ3v) is 8.92. The van der Waals surface area contributed by atoms with E-state index in [-0.39, 0.29) is 39.9 Å². The number of rotatable bonds is 8. The van der Waals surface area contributed by atoms with Gasteiger partial charge in [-0.15, -0.1) is 6.58 Å². The minimum atomic E-state index is -0.789. The zero-order chi connectivity index (χ0) is 26.3. The monoisotopic (exact) mass is 534 g/mol. The second kappa shape index (κ2) is 10.5. The predicted octanol–water partition coefficient (Wildman–Crippen LogP) is 6.70. The number of halogens is 3. The van der Waals surface area contributed by atoms with E-state index in [4.69, 9.17) is 27.9 Å². The van der Waals surface area contributed by atoms with Crippen LogP contribution in [0.25, 0.3) is 0 Å². The van der Waals surface area contributed by atoms with Crippen LogP contribution in [0, 0.1) is 17.2 Å². The molecule has 6 unspecified atom stereocenters. The maximum Gasteiger partial charge on any atom is 0.322 e. The fourth-order valence-electron chi connectivity index (χ4n) is 6.54. The summed E-state index contributed by atoms with van der Waals surface area (Å²) in [7, 11) is 3.48. The molecule has 1 aliphatic heterocycles. The molecule has 1 saturated carbocycles. The number of nitrogens with zero attached hydrogens (tertiary/aromatic N) is 1. The van der Waals surface area contributed by atoms with Crippen LogP contribution in [-0.2, 0) is 9.53 Å². The number of hydrogen-bond donors (Lipinski definition) is 1. The van der Waals surface area contributed by atoms with E-state index >= 15 is 0 Å². The number of likely N-dealkylation sites (N-methyl/N-ethyl adjacent to an activating group) is 1. The van der Waals surface area contributed by atoms with Gasteiger partial charge in [-0.25, -0.2) is 13.7 Å². The summed E-state index contributed by atoms with van der Waals surface area (Å²) in [6.07, 6.45) is 3.98. The zero-order valence-electron chi connectivity index (χ0n) is 21.1. The van der Waals surface area contributed by atoms with Crippen molar-refractivity contribution in [1.29, 1.82) is 0 Å². The quantitative estimate of drug-likeness (QED) is 0.302. The Kier molecular flexibility index (Phi) is 7.99. The van der Waals surface area contributed by atoms with E-state index in [1.54, 1.807) is 19.3 Å². The Morgan fingerprint density at radius 1 is 1.25 bits per heavy atom. The maximum atomic E-state index is 14.8. The van der Waals surface area contributed by atoms with Crippen molar-refractivity contribution in [2.24, 2.45) is 11.3 Å². The van der Waals surface area contributed by atoms with Crippen LogP contribution in [0.3, 0.4) is 0 Å². The molecule has 2 aliphatic rings. The molecule has 4 rings (SSSR count). The molecule has 1 saturated heterocycles. The molecule has 0 radical (unpaired) electrons. The van der Waals surface area contributed by atoms with Gasteiger partial charge in [0.1, 0.15) is 11.9 Å². The normalized spacial score (nSPS) is 31.6. The van der Waals surface area contributed by atoms with Gasteiger partial charge in [-0.3, -0.25) is 0 Å². The number of hydrogen-bond acceptors (Lipinski definition) is 3. The van der Waals surface area contributed by atoms with Crippen LogP contribution in [0.2, 0.25) is 10.0 Å². The highest BCUT2D eigenvalue weighted by Gasteiger charge is 2.63. The van der Waals surface area contributed by atoms with Gasteiger partial charge in [0, 0.05) is 24.0 Å². The Labute approximate surface area is 223 Å². The van der Waals surface area contributed by atoms with Crippen LogP contribution < -0.4 is 0 Å². The fraction of sp³-hybridized carbons (Fsp3) is 0.483. The van der Waals surface area contributed by atoms with E-state index in [2.05, 4.69) is 6.58 Å². The lowest BCUT2D eigenvalue weighted by Crippen LogP contribution is -2.68. The summed E-state index contributed by atoms with van der Waals surface area (Å²) in [5, 5.41) is 11.2. The van der Waals surface area contributed by atoms with Crippen molar-refractivity contribution >= 4 is 29.1 Å². The lowest BCUT2D eigenvalue weighted by Gasteiger charge is -2.47. The number of carbonyl (C=O) groups excluding carboxylic acids is 1. The average molecular weight is 536 g/mol. The molecule has 194 valence electrons. The Morgan fingerprint density at radius 2 is 1.97 bits per heavy atom. The van der Waals surface area contributed by atoms with Crippen LogP contribution in [0.4, 0.5) is 4.39 Å². The summed E-state index contributed by atoms with van der Waals surface area (Å²) in [5.74, 6) is -0.923. The minimum absolute atomic E-state index is 0.00386. The van der Waals surface area contributed by atoms with Crippen LogP contribution in [0.15, 0.2) is 55.1 Å². The molecule has 4 nitrogen and oxygen atoms in total. The highest BCUT2D eigenvalue weighted by Crippen LogP contribution is 2.54. The molecule has 1 aliphatic carbocycles. The van der Waals surface area contributed by atoms with Gasteiger partial charge in [0.2, 0.25) is 6.23 Å². The topological polar surface area (TPSA) is 46.5 Å². The van der Waals surface area contributed by atoms with Gasteiger partial charge in [-0.05, 0) is 68.0 Å². The van der Waals surface area contributed by atoms with Crippen LogP contribution in [0.5, 0.6) is 0 Å². The molecular formula is C29H35Cl2FNO3+. The van der Waals surface area contributed by atoms with E-state index in [0.29, 0.717) is 23.4 Å². The summed E-state index contributed by atoms with van der Waals surface area (Å²) >= 11 is 12.5. The molecular weight excluding hydrogens is 500 g/mol. The first kappa shape index (κ1) is 27.3. The highest BCUT2D eigenvalue weighted by atomic mass is 35.5. The molecule has 1 amide bonds. The van der Waals surface area contributed by atoms with E-state index in [0.717, 1.165) is 18.4 Å². The Balaban J connectivity index is 2.02. The molecule has 2 aromatic rings. The number of allylic oxidation sites excluding steroid dienone is 1. The fourth-order valence-corrected chi connectivity index (χ4v) is 6.86. The van der Waals surface area contributed by atoms with Gasteiger partial charge in [0.15, 0.2) is 0 Å². The molecule has 1 heterocycles. The van der Waals surface area contributed by atoms with Gasteiger partial charge in [-0.2, -0.15) is 0 Å². The summed E-state index contributed by atoms with van der Waals surface area (Å²) in [5.41, 5.74) is 0.858. The van der Waals surface area contributed by atoms with Crippen molar-refractivity contribution in [3.8, 4) is 0 Å². The summed E-state index contributed by atoms with van der Waals surface area (Å²) in [6, 6.07) is 12.1. The van der Waals surface area contributed by atoms with Crippen molar-refractivity contribution < 1.29 is 23.5 Å². The number of ether oxygens (including phenoxy) is 1. The van der Waals surface area contributed by atoms with Crippen LogP contribution >= 0.6 is 23.2 Å². The van der Waals surface area contributed by atoms with Crippen LogP contribution in [0.1, 0.15) is 55.6 Å². The van der Waals surface area contributed by atoms with Gasteiger partial charge in [0.05, 0.1) is 30.0 Å². The summed E-state index contributed by atoms with van der Waals surface area (Å²) in [4.78, 5) is 14.6. The predicted molar refractivity (Wildman–Crippen MR) is 141 cm³/mol. The van der Waals surface area contributed by atoms with Gasteiger partial charge in [-0.1, -0.05) is 47.5 Å². The SMILES string of the molecule is C=CCC1(C)CC(c2cccc(Cl)c2)C(c2ccc(Cl)c(F)c2)C(OC)[N+](C)(C(CO)C2CC2)C1=O. The third-order valence-electron chi connectivity index (χ3n) is 8.38. The van der Waals surface area contributed by atoms with Crippen molar-refractivity contribution in [2.75, 3.05) is 20.8 Å². The summed E-state index contributed by atoms with van der Waals surface area (Å²) < 4.78 is 21.0. The van der Waals surface area contributed by atoms with Crippen molar-refractivity contribution in [1.82, 2.24) is 0 Å². The van der Waals surface area contributed by atoms with Crippen molar-refractivity contribution in [3.63, 3.8) is 0 Å². The number of carbonyl (C=O) groups is 1. The van der Waals surface area contributed by atoms with E-state index in [1.165, 1.54) is 6.07 Å². The number of amides is 1. The first-order chi connectivity index (χ1) is 17.1. The van der Waals surface area contributed by atoms with Crippen LogP contribution in [-0.4, -0.2) is 48.5 Å². The van der Waals surface area contributed by atoms with Gasteiger partial charge in [0.25, 0.3) is 0 Å². The zero-order valence-corrected chi connectivity index (χ0v) is 22.6. The van der Waals surface area contributed by atoms with Gasteiger partial charge < -0.3 is 9.84 Å². The Hall–Kier alpha value is -1.76. The first-order valence-electron chi connectivity index (χ1n) is 12.5. The molecule has 7 heteroatoms. The second-order valence-corrected chi connectivity index (χ2v) is 11.6. The minimum Gasteiger partial charge on any atom is -0.390 e. The molecule has 1 N–H and O–H groups in total. The standard InChI is InChI=1S/C29H35Cl2FNO3/c1-5-13-29(2)16-22(19-7-6-8-21(30)14-19)26(20-11-12-23(31)24(32)15-20)27(36-4)33(3,28(29)35)25(17-34)18-9-10-18/h5-8,11-12,14-15,18,22,25-27,34H,1,9-10,13,16-17H2,2-4H3/q+1. The Morgan fingerprint density at radius 3 is 2.53 bits per heavy atom. The molecule has 6 atom stereocenters. The molecule has 0 bridgehead atoms. The number of likely N-dealkylation sites (tertiary alicyclic amines) is 1. The largest absolute Gasteiger partial charge is 0.390 e. The lowest BCUT2D eigenvalue weighted by atomic mass is 9.71. The molecule has 2 aromatic carbocycles. The number of aliphatic hydroxyl groups excluding tert-OH is 1. The summed E-state index contributed by atoms with van der Waals surface area (Å²) in [6.45, 7) is 5.79. The maximum absolute atomic E-state index is 14.8. The first-order valence-corrected chi connectivity index (χ1v) is 13.2. The van der Waals surface area contributed by atoms with Crippen molar-refractivity contribution in [2.45, 2.75) is 56.7 Å². The van der Waals surface area contributed by atoms with Crippen molar-refractivity contribution in [3.05, 3.63) is 82.1 Å². The molecule has 36 heavy (non-hydrogen) atoms. The number of aliphatic hydroxyl groups is 1. The number of benzene rings is 2. The highest BCUT2D eigenvalue weighted by molar-refractivity contribution is 6.31. The molecule has 0 spiro atoms. The smallest absolute Gasteiger partial charge is 0.322 e. The van der Waals surface area contributed by atoms with E-state index in [1.807, 2.05) is 44.3 Å². The Bertz CT molecular complexity index is 1140. The second-order valence-electron chi connectivity index (χ2n) is 10.8. The number of quaternary nitrogens is 1. The lowest BCUT2D eigenvalue weighted by molar-refractivity contribution is -0.914. The third kappa shape index (κ3) is 4.77. The number of methoxy groups -OCH3 is 1. The molecule has 2 fully saturated rings.